The van der Waals surface area contributed by atoms with Gasteiger partial charge in [0.1, 0.15) is 5.03 Å². The first kappa shape index (κ1) is 11.0. The van der Waals surface area contributed by atoms with Crippen LogP contribution in [0.2, 0.25) is 0 Å². The van der Waals surface area contributed by atoms with Crippen LogP contribution >= 0.6 is 55.5 Å². The van der Waals surface area contributed by atoms with Gasteiger partial charge in [-0.05, 0) is 0 Å². The number of hydrogen-bond acceptors (Lipinski definition) is 2. The molecule has 0 fully saturated rings. The average molecular weight is 347 g/mol. The third-order valence-corrected chi connectivity index (χ3v) is 3.86. The van der Waals surface area contributed by atoms with Crippen molar-refractivity contribution < 1.29 is 8.78 Å². The molecule has 1 heterocycles. The first-order chi connectivity index (χ1) is 5.46. The van der Waals surface area contributed by atoms with Gasteiger partial charge >= 0.3 is 0 Å². The molecular formula is C4H2Br2Cl2F2N2. The molecule has 0 aromatic carbocycles. The van der Waals surface area contributed by atoms with Gasteiger partial charge in [-0.15, -0.1) is 0 Å². The lowest BCUT2D eigenvalue weighted by atomic mass is 10.5. The molecule has 1 aliphatic heterocycles. The molecule has 0 saturated heterocycles. The molecule has 0 amide bonds. The minimum Gasteiger partial charge on any atom is -0.251 e. The lowest BCUT2D eigenvalue weighted by Gasteiger charge is -2.33. The van der Waals surface area contributed by atoms with E-state index in [1.165, 1.54) is 0 Å². The molecule has 1 aliphatic rings. The molecule has 2 atom stereocenters. The summed E-state index contributed by atoms with van der Waals surface area (Å²) in [5.41, 5.74) is -1.01. The van der Waals surface area contributed by atoms with Gasteiger partial charge in [-0.1, -0.05) is 23.2 Å². The molecule has 0 radical (unpaired) electrons. The highest BCUT2D eigenvalue weighted by Gasteiger charge is 2.38. The van der Waals surface area contributed by atoms with Crippen LogP contribution in [0, 0.1) is 0 Å². The molecule has 0 aliphatic carbocycles. The van der Waals surface area contributed by atoms with E-state index in [0.29, 0.717) is 0 Å². The molecule has 0 aromatic heterocycles. The molecule has 12 heavy (non-hydrogen) atoms. The van der Waals surface area contributed by atoms with Crippen molar-refractivity contribution in [2.24, 2.45) is 0 Å². The van der Waals surface area contributed by atoms with E-state index in [-0.39, 0.29) is 0 Å². The van der Waals surface area contributed by atoms with E-state index in [1.807, 2.05) is 0 Å². The largest absolute Gasteiger partial charge is 0.251 e. The van der Waals surface area contributed by atoms with E-state index in [9.17, 15) is 8.78 Å². The van der Waals surface area contributed by atoms with Gasteiger partial charge in [-0.3, -0.25) is 3.93 Å². The fraction of sp³-hybridized carbons (Fsp3) is 0.500. The highest BCUT2D eigenvalue weighted by atomic mass is 79.9. The normalized spacial score (nSPS) is 33.0. The van der Waals surface area contributed by atoms with E-state index in [0.717, 1.165) is 7.85 Å². The van der Waals surface area contributed by atoms with Gasteiger partial charge in [-0.25, -0.2) is 4.39 Å². The number of hydrogen-bond donors (Lipinski definition) is 0. The van der Waals surface area contributed by atoms with E-state index >= 15 is 0 Å². The van der Waals surface area contributed by atoms with Crippen LogP contribution in [-0.2, 0) is 0 Å². The summed E-state index contributed by atoms with van der Waals surface area (Å²) in [7, 11) is 0. The molecule has 0 bridgehead atoms. The van der Waals surface area contributed by atoms with Crippen molar-refractivity contribution in [2.45, 2.75) is 11.9 Å². The predicted molar refractivity (Wildman–Crippen MR) is 50.1 cm³/mol. The summed E-state index contributed by atoms with van der Waals surface area (Å²) in [5, 5.41) is -0.555. The maximum absolute atomic E-state index is 13.0. The fourth-order valence-electron chi connectivity index (χ4n) is 0.607. The molecule has 2 nitrogen and oxygen atoms in total. The van der Waals surface area contributed by atoms with Gasteiger partial charge in [0.15, 0.2) is 5.62 Å². The topological polar surface area (TPSA) is 6.48 Å². The molecule has 0 N–H and O–H groups in total. The molecule has 70 valence electrons. The highest BCUT2D eigenvalue weighted by Crippen LogP contribution is 2.38. The van der Waals surface area contributed by atoms with Crippen molar-refractivity contribution in [2.75, 3.05) is 0 Å². The molecule has 0 aromatic rings. The first-order valence-corrected chi connectivity index (χ1v) is 4.92. The van der Waals surface area contributed by atoms with Crippen LogP contribution in [0.5, 0.6) is 0 Å². The average Bonchev–Trinajstić information content (AvgIpc) is 2.08. The maximum Gasteiger partial charge on any atom is 0.221 e. The van der Waals surface area contributed by atoms with Crippen LogP contribution in [0.25, 0.3) is 0 Å². The van der Waals surface area contributed by atoms with E-state index in [1.54, 1.807) is 0 Å². The van der Waals surface area contributed by atoms with Crippen molar-refractivity contribution in [1.29, 1.82) is 0 Å². The summed E-state index contributed by atoms with van der Waals surface area (Å²) < 4.78 is 27.6. The summed E-state index contributed by atoms with van der Waals surface area (Å²) in [6.45, 7) is 0. The zero-order valence-corrected chi connectivity index (χ0v) is 10.0. The predicted octanol–water partition coefficient (Wildman–Crippen LogP) is 3.42. The zero-order chi connectivity index (χ0) is 9.46. The van der Waals surface area contributed by atoms with Crippen molar-refractivity contribution in [3.63, 3.8) is 0 Å². The Morgan fingerprint density at radius 3 is 2.42 bits per heavy atom. The fourth-order valence-corrected chi connectivity index (χ4v) is 2.23. The Morgan fingerprint density at radius 2 is 1.92 bits per heavy atom. The van der Waals surface area contributed by atoms with E-state index in [4.69, 9.17) is 23.2 Å². The third-order valence-electron chi connectivity index (χ3n) is 1.20. The Labute approximate surface area is 94.8 Å². The summed E-state index contributed by atoms with van der Waals surface area (Å²) in [5.74, 6) is -0.931. The second kappa shape index (κ2) is 3.96. The SMILES string of the molecule is FC1=C(Cl)C(F)N(Br)C(Cl)N1Br. The molecular weight excluding hydrogens is 345 g/mol. The Kier molecular flexibility index (Phi) is 3.62. The van der Waals surface area contributed by atoms with Gasteiger partial charge in [0.2, 0.25) is 12.2 Å². The first-order valence-electron chi connectivity index (χ1n) is 2.69. The van der Waals surface area contributed by atoms with Crippen LogP contribution in [0.1, 0.15) is 0 Å². The van der Waals surface area contributed by atoms with Gasteiger partial charge in [-0.2, -0.15) is 8.32 Å². The van der Waals surface area contributed by atoms with E-state index in [2.05, 4.69) is 32.3 Å². The second-order valence-electron chi connectivity index (χ2n) is 1.94. The van der Waals surface area contributed by atoms with E-state index < -0.39 is 22.9 Å². The molecule has 0 spiro atoms. The van der Waals surface area contributed by atoms with Crippen molar-refractivity contribution in [3.05, 3.63) is 11.0 Å². The summed E-state index contributed by atoms with van der Waals surface area (Å²) >= 11 is 16.4. The zero-order valence-electron chi connectivity index (χ0n) is 5.32. The second-order valence-corrected chi connectivity index (χ2v) is 4.32. The van der Waals surface area contributed by atoms with Gasteiger partial charge in [0.25, 0.3) is 0 Å². The third kappa shape index (κ3) is 1.72. The Hall–Kier alpha value is 0.900. The van der Waals surface area contributed by atoms with Crippen LogP contribution in [0.3, 0.4) is 0 Å². The number of nitrogens with zero attached hydrogens (tertiary/aromatic N) is 2. The lowest BCUT2D eigenvalue weighted by Crippen LogP contribution is -2.42. The Morgan fingerprint density at radius 1 is 1.42 bits per heavy atom. The van der Waals surface area contributed by atoms with Gasteiger partial charge in [0, 0.05) is 16.1 Å². The van der Waals surface area contributed by atoms with Crippen molar-refractivity contribution >= 4 is 55.5 Å². The maximum atomic E-state index is 13.0. The van der Waals surface area contributed by atoms with Gasteiger partial charge < -0.3 is 0 Å². The minimum atomic E-state index is -1.78. The molecule has 0 saturated carbocycles. The smallest absolute Gasteiger partial charge is 0.221 e. The molecule has 2 unspecified atom stereocenters. The highest BCUT2D eigenvalue weighted by molar-refractivity contribution is 9.08. The Bertz CT molecular complexity index is 205. The quantitative estimate of drug-likeness (QED) is 0.377. The lowest BCUT2D eigenvalue weighted by molar-refractivity contribution is 0.142. The standard InChI is InChI=1S/C4H2Br2Cl2F2N2/c5-11-2(9)1(7)3(10)12(6)4(11)8/h2,4H. The van der Waals surface area contributed by atoms with Gasteiger partial charge in [0.05, 0.1) is 16.1 Å². The monoisotopic (exact) mass is 344 g/mol. The van der Waals surface area contributed by atoms with Crippen LogP contribution < -0.4 is 0 Å². The minimum absolute atomic E-state index is 0.555. The number of alkyl halides is 2. The number of halogens is 6. The molecule has 8 heteroatoms. The van der Waals surface area contributed by atoms with Crippen LogP contribution in [-0.4, -0.2) is 19.8 Å². The van der Waals surface area contributed by atoms with Crippen molar-refractivity contribution in [3.8, 4) is 0 Å². The van der Waals surface area contributed by atoms with Crippen LogP contribution in [0.4, 0.5) is 8.78 Å². The Balaban J connectivity index is 3.00. The van der Waals surface area contributed by atoms with Crippen molar-refractivity contribution in [1.82, 2.24) is 7.85 Å². The van der Waals surface area contributed by atoms with Crippen LogP contribution in [0.15, 0.2) is 11.0 Å². The summed E-state index contributed by atoms with van der Waals surface area (Å²) in [4.78, 5) is 0. The summed E-state index contributed by atoms with van der Waals surface area (Å²) in [6.07, 6.45) is -1.78. The number of rotatable bonds is 0. The molecule has 1 rings (SSSR count). The summed E-state index contributed by atoms with van der Waals surface area (Å²) in [6, 6.07) is 0.